The van der Waals surface area contributed by atoms with Crippen LogP contribution >= 0.6 is 11.3 Å². The zero-order valence-electron chi connectivity index (χ0n) is 15.6. The fourth-order valence-electron chi connectivity index (χ4n) is 3.55. The lowest BCUT2D eigenvalue weighted by Crippen LogP contribution is -2.43. The van der Waals surface area contributed by atoms with Crippen molar-refractivity contribution in [3.63, 3.8) is 0 Å². The Kier molecular flexibility index (Phi) is 5.30. The lowest BCUT2D eigenvalue weighted by molar-refractivity contribution is -0.116. The number of benzene rings is 1. The Labute approximate surface area is 170 Å². The van der Waals surface area contributed by atoms with Gasteiger partial charge in [-0.05, 0) is 17.5 Å². The molecule has 1 saturated heterocycles. The minimum absolute atomic E-state index is 0.311. The van der Waals surface area contributed by atoms with Crippen LogP contribution in [0.1, 0.15) is 28.9 Å². The third-order valence-electron chi connectivity index (χ3n) is 5.45. The molecule has 9 heteroatoms. The van der Waals surface area contributed by atoms with Gasteiger partial charge >= 0.3 is 0 Å². The predicted octanol–water partition coefficient (Wildman–Crippen LogP) is 2.71. The van der Waals surface area contributed by atoms with Crippen LogP contribution < -0.4 is 5.32 Å². The first-order valence-corrected chi connectivity index (χ1v) is 10.0. The van der Waals surface area contributed by atoms with Gasteiger partial charge in [-0.15, -0.1) is 11.3 Å². The number of thiophene rings is 1. The van der Waals surface area contributed by atoms with Crippen molar-refractivity contribution in [2.75, 3.05) is 18.5 Å². The van der Waals surface area contributed by atoms with E-state index in [4.69, 9.17) is 4.74 Å². The number of carbonyl (C=O) groups is 1. The van der Waals surface area contributed by atoms with Gasteiger partial charge in [-0.1, -0.05) is 25.1 Å². The minimum Gasteiger partial charge on any atom is -0.393 e. The number of ether oxygens (including phenoxy) is 1. The molecule has 0 aliphatic carbocycles. The molecule has 3 N–H and O–H groups in total. The summed E-state index contributed by atoms with van der Waals surface area (Å²) in [5.74, 6) is -0.678. The molecule has 29 heavy (non-hydrogen) atoms. The van der Waals surface area contributed by atoms with Crippen molar-refractivity contribution in [3.8, 4) is 0 Å². The highest BCUT2D eigenvalue weighted by molar-refractivity contribution is 7.18. The summed E-state index contributed by atoms with van der Waals surface area (Å²) in [5.41, 5.74) is 0.115. The average molecular weight is 417 g/mol. The van der Waals surface area contributed by atoms with Crippen molar-refractivity contribution < 1.29 is 24.1 Å². The van der Waals surface area contributed by atoms with E-state index in [2.05, 4.69) is 15.3 Å². The Balaban J connectivity index is 1.67. The first-order chi connectivity index (χ1) is 14.0. The number of aliphatic hydroxyl groups is 2. The summed E-state index contributed by atoms with van der Waals surface area (Å²) in [7, 11) is 0. The van der Waals surface area contributed by atoms with Gasteiger partial charge < -0.3 is 20.3 Å². The number of nitrogens with zero attached hydrogens (tertiary/aromatic N) is 2. The minimum atomic E-state index is -1.43. The largest absolute Gasteiger partial charge is 0.393 e. The van der Waals surface area contributed by atoms with E-state index in [0.29, 0.717) is 27.2 Å². The molecule has 0 bridgehead atoms. The van der Waals surface area contributed by atoms with E-state index >= 15 is 4.39 Å². The molecular weight excluding hydrogens is 397 g/mol. The SMILES string of the molecule is C[C@H]1[C@@H](F)[C@H](c2csc3c(NC(=O)c4ccccc4)ncnc23)OC1(CO)CO. The summed E-state index contributed by atoms with van der Waals surface area (Å²) in [6.45, 7) is 0.625. The third-order valence-corrected chi connectivity index (χ3v) is 6.44. The van der Waals surface area contributed by atoms with E-state index < -0.39 is 37.0 Å². The van der Waals surface area contributed by atoms with Gasteiger partial charge in [-0.25, -0.2) is 14.4 Å². The molecule has 1 aliphatic heterocycles. The smallest absolute Gasteiger partial charge is 0.256 e. The van der Waals surface area contributed by atoms with Crippen LogP contribution in [0, 0.1) is 5.92 Å². The van der Waals surface area contributed by atoms with Gasteiger partial charge in [0.2, 0.25) is 0 Å². The topological polar surface area (TPSA) is 105 Å². The normalized spacial score (nSPS) is 23.4. The second-order valence-electron chi connectivity index (χ2n) is 7.06. The van der Waals surface area contributed by atoms with Crippen molar-refractivity contribution in [3.05, 3.63) is 53.2 Å². The van der Waals surface area contributed by atoms with Crippen molar-refractivity contribution in [1.29, 1.82) is 0 Å². The number of carbonyl (C=O) groups excluding carboxylic acids is 1. The molecule has 152 valence electrons. The van der Waals surface area contributed by atoms with Crippen LogP contribution in [0.15, 0.2) is 42.0 Å². The molecule has 1 fully saturated rings. The lowest BCUT2D eigenvalue weighted by Gasteiger charge is -2.28. The van der Waals surface area contributed by atoms with Crippen LogP contribution in [0.4, 0.5) is 10.2 Å². The van der Waals surface area contributed by atoms with E-state index in [-0.39, 0.29) is 5.91 Å². The molecule has 0 spiro atoms. The molecule has 0 unspecified atom stereocenters. The molecule has 7 nitrogen and oxygen atoms in total. The fraction of sp³-hybridized carbons (Fsp3) is 0.350. The molecule has 1 aromatic carbocycles. The molecule has 4 rings (SSSR count). The zero-order valence-corrected chi connectivity index (χ0v) is 16.4. The second kappa shape index (κ2) is 7.75. The number of nitrogens with one attached hydrogen (secondary N) is 1. The number of hydrogen-bond acceptors (Lipinski definition) is 7. The van der Waals surface area contributed by atoms with E-state index in [1.807, 2.05) is 6.07 Å². The maximum absolute atomic E-state index is 15.0. The number of hydrogen-bond donors (Lipinski definition) is 3. The number of fused-ring (bicyclic) bond motifs is 1. The van der Waals surface area contributed by atoms with E-state index in [0.717, 1.165) is 0 Å². The molecule has 3 atom stereocenters. The average Bonchev–Trinajstić information content (AvgIpc) is 3.29. The van der Waals surface area contributed by atoms with Crippen molar-refractivity contribution >= 4 is 33.3 Å². The summed E-state index contributed by atoms with van der Waals surface area (Å²) in [6.07, 6.45) is -1.11. The van der Waals surface area contributed by atoms with Crippen molar-refractivity contribution in [1.82, 2.24) is 9.97 Å². The van der Waals surface area contributed by atoms with Crippen LogP contribution in [-0.2, 0) is 4.74 Å². The van der Waals surface area contributed by atoms with Crippen LogP contribution in [0.5, 0.6) is 0 Å². The highest BCUT2D eigenvalue weighted by atomic mass is 32.1. The number of alkyl halides is 1. The zero-order chi connectivity index (χ0) is 20.6. The lowest BCUT2D eigenvalue weighted by atomic mass is 9.87. The van der Waals surface area contributed by atoms with Gasteiger partial charge in [-0.2, -0.15) is 0 Å². The quantitative estimate of drug-likeness (QED) is 0.590. The number of rotatable bonds is 5. The Morgan fingerprint density at radius 3 is 2.66 bits per heavy atom. The van der Waals surface area contributed by atoms with Crippen LogP contribution in [0.25, 0.3) is 10.2 Å². The maximum atomic E-state index is 15.0. The van der Waals surface area contributed by atoms with Gasteiger partial charge in [0.05, 0.1) is 23.4 Å². The number of aliphatic hydroxyl groups excluding tert-OH is 2. The highest BCUT2D eigenvalue weighted by Crippen LogP contribution is 2.48. The van der Waals surface area contributed by atoms with Gasteiger partial charge in [-0.3, -0.25) is 4.79 Å². The Morgan fingerprint density at radius 2 is 2.00 bits per heavy atom. The second-order valence-corrected chi connectivity index (χ2v) is 7.94. The van der Waals surface area contributed by atoms with Crippen molar-refractivity contribution in [2.45, 2.75) is 24.8 Å². The van der Waals surface area contributed by atoms with Crippen LogP contribution in [0.3, 0.4) is 0 Å². The van der Waals surface area contributed by atoms with Gasteiger partial charge in [0.15, 0.2) is 5.82 Å². The number of amides is 1. The molecule has 3 aromatic rings. The summed E-state index contributed by atoms with van der Waals surface area (Å²) in [6, 6.07) is 8.74. The Bertz CT molecular complexity index is 1020. The first-order valence-electron chi connectivity index (χ1n) is 9.13. The molecule has 0 saturated carbocycles. The van der Waals surface area contributed by atoms with Gasteiger partial charge in [0, 0.05) is 17.0 Å². The molecule has 3 heterocycles. The van der Waals surface area contributed by atoms with E-state index in [9.17, 15) is 15.0 Å². The van der Waals surface area contributed by atoms with E-state index in [1.165, 1.54) is 17.7 Å². The highest BCUT2D eigenvalue weighted by Gasteiger charge is 2.53. The van der Waals surface area contributed by atoms with Gasteiger partial charge in [0.25, 0.3) is 5.91 Å². The molecule has 2 aromatic heterocycles. The third kappa shape index (κ3) is 3.29. The van der Waals surface area contributed by atoms with Crippen LogP contribution in [0.2, 0.25) is 0 Å². The number of halogens is 1. The summed E-state index contributed by atoms with van der Waals surface area (Å²) >= 11 is 1.27. The standard InChI is InChI=1S/C20H20FN3O4S/c1-11-14(21)16(28-20(11,8-25)9-26)13-7-29-17-15(13)22-10-23-18(17)24-19(27)12-5-3-2-4-6-12/h2-7,10-11,14,16,25-26H,8-9H2,1H3,(H,22,23,24,27)/t11-,14+,16-/m0/s1. The summed E-state index contributed by atoms with van der Waals surface area (Å²) in [5, 5.41) is 23.8. The fourth-order valence-corrected chi connectivity index (χ4v) is 4.54. The summed E-state index contributed by atoms with van der Waals surface area (Å²) in [4.78, 5) is 20.9. The molecule has 1 aliphatic rings. The Morgan fingerprint density at radius 1 is 1.28 bits per heavy atom. The molecule has 1 amide bonds. The number of aromatic nitrogens is 2. The predicted molar refractivity (Wildman–Crippen MR) is 107 cm³/mol. The molecular formula is C20H20FN3O4S. The van der Waals surface area contributed by atoms with Crippen LogP contribution in [-0.4, -0.2) is 51.1 Å². The monoisotopic (exact) mass is 417 g/mol. The van der Waals surface area contributed by atoms with Gasteiger partial charge in [0.1, 0.15) is 24.2 Å². The van der Waals surface area contributed by atoms with Crippen molar-refractivity contribution in [2.24, 2.45) is 5.92 Å². The number of anilines is 1. The molecule has 0 radical (unpaired) electrons. The first kappa shape index (κ1) is 19.8. The van der Waals surface area contributed by atoms with E-state index in [1.54, 1.807) is 36.6 Å². The Hall–Kier alpha value is -2.46. The maximum Gasteiger partial charge on any atom is 0.256 e. The summed E-state index contributed by atoms with van der Waals surface area (Å²) < 4.78 is 21.4.